The van der Waals surface area contributed by atoms with Crippen LogP contribution >= 0.6 is 23.9 Å². The molecule has 6 heteroatoms. The summed E-state index contributed by atoms with van der Waals surface area (Å²) in [6.07, 6.45) is 7.07. The maximum atomic E-state index is 13.0. The molecule has 0 aromatic heterocycles. The first-order valence-electron chi connectivity index (χ1n) is 10.2. The van der Waals surface area contributed by atoms with Crippen LogP contribution in [0.15, 0.2) is 36.4 Å². The molecule has 2 saturated heterocycles. The minimum absolute atomic E-state index is 0.0418. The summed E-state index contributed by atoms with van der Waals surface area (Å²) in [4.78, 5) is 26.1. The molecule has 148 valence electrons. The highest BCUT2D eigenvalue weighted by Gasteiger charge is 2.27. The van der Waals surface area contributed by atoms with E-state index in [1.807, 2.05) is 36.4 Å². The van der Waals surface area contributed by atoms with Gasteiger partial charge in [0.25, 0.3) is 0 Å². The average Bonchev–Trinajstić information content (AvgIpc) is 2.91. The van der Waals surface area contributed by atoms with Crippen LogP contribution in [0.1, 0.15) is 59.2 Å². The summed E-state index contributed by atoms with van der Waals surface area (Å²) in [6.45, 7) is 3.83. The molecule has 0 aromatic carbocycles. The van der Waals surface area contributed by atoms with Gasteiger partial charge in [-0.25, -0.2) is 8.61 Å². The van der Waals surface area contributed by atoms with Crippen LogP contribution in [0, 0.1) is 0 Å². The van der Waals surface area contributed by atoms with E-state index < -0.39 is 0 Å². The fraction of sp³-hybridized carbons (Fsp3) is 0.455. The molecule has 2 heterocycles. The third-order valence-corrected chi connectivity index (χ3v) is 7.42. The zero-order chi connectivity index (χ0) is 19.3. The van der Waals surface area contributed by atoms with E-state index in [0.717, 1.165) is 63.0 Å². The molecule has 0 aromatic rings. The van der Waals surface area contributed by atoms with Crippen molar-refractivity contribution in [3.8, 4) is 11.1 Å². The summed E-state index contributed by atoms with van der Waals surface area (Å²) in [5.74, 6) is 0. The first-order valence-corrected chi connectivity index (χ1v) is 11.7. The standard InChI is InChI=1S/C22H26N2O2S2/c25-21(27-23-12-6-2-7-13-23)19-16-20(18-11-5-1-4-10-17(18)19)22(26)28-24-14-8-3-9-15-24/h1,4-5,10-11,16H,2-3,6-9,12-15H2. The highest BCUT2D eigenvalue weighted by Crippen LogP contribution is 2.37. The lowest BCUT2D eigenvalue weighted by atomic mass is 10.1. The monoisotopic (exact) mass is 414 g/mol. The Bertz CT molecular complexity index is 750. The summed E-state index contributed by atoms with van der Waals surface area (Å²) in [5, 5.41) is 0.0836. The Morgan fingerprint density at radius 1 is 0.643 bits per heavy atom. The zero-order valence-electron chi connectivity index (χ0n) is 16.1. The fourth-order valence-electron chi connectivity index (χ4n) is 3.90. The third-order valence-electron chi connectivity index (χ3n) is 5.40. The van der Waals surface area contributed by atoms with Gasteiger partial charge in [0.2, 0.25) is 10.2 Å². The average molecular weight is 415 g/mol. The Morgan fingerprint density at radius 2 is 1.07 bits per heavy atom. The van der Waals surface area contributed by atoms with E-state index in [9.17, 15) is 9.59 Å². The molecule has 0 bridgehead atoms. The molecule has 4 nitrogen and oxygen atoms in total. The quantitative estimate of drug-likeness (QED) is 0.629. The van der Waals surface area contributed by atoms with E-state index in [4.69, 9.17) is 0 Å². The Balaban J connectivity index is 1.58. The van der Waals surface area contributed by atoms with Gasteiger partial charge in [0, 0.05) is 61.2 Å². The zero-order valence-corrected chi connectivity index (χ0v) is 17.7. The molecule has 4 rings (SSSR count). The molecule has 2 aliphatic heterocycles. The number of piperidine rings is 2. The molecular weight excluding hydrogens is 388 g/mol. The van der Waals surface area contributed by atoms with Crippen LogP contribution < -0.4 is 0 Å². The van der Waals surface area contributed by atoms with Gasteiger partial charge in [-0.05, 0) is 42.9 Å². The fourth-order valence-corrected chi connectivity index (χ4v) is 5.78. The van der Waals surface area contributed by atoms with Gasteiger partial charge in [0.15, 0.2) is 0 Å². The predicted molar refractivity (Wildman–Crippen MR) is 118 cm³/mol. The minimum atomic E-state index is 0.0418. The molecule has 0 atom stereocenters. The molecule has 0 amide bonds. The second-order valence-corrected chi connectivity index (χ2v) is 9.59. The van der Waals surface area contributed by atoms with Crippen molar-refractivity contribution < 1.29 is 9.59 Å². The third kappa shape index (κ3) is 4.62. The van der Waals surface area contributed by atoms with Crippen LogP contribution in [0.2, 0.25) is 0 Å². The maximum absolute atomic E-state index is 13.0. The van der Waals surface area contributed by atoms with Gasteiger partial charge >= 0.3 is 0 Å². The Morgan fingerprint density at radius 3 is 1.50 bits per heavy atom. The van der Waals surface area contributed by atoms with Crippen LogP contribution in [-0.4, -0.2) is 45.0 Å². The van der Waals surface area contributed by atoms with Crippen molar-refractivity contribution in [2.75, 3.05) is 26.2 Å². The van der Waals surface area contributed by atoms with E-state index in [2.05, 4.69) is 8.61 Å². The summed E-state index contributed by atoms with van der Waals surface area (Å²) in [7, 11) is 0. The topological polar surface area (TPSA) is 40.6 Å². The largest absolute Gasteiger partial charge is 0.280 e. The lowest BCUT2D eigenvalue weighted by Gasteiger charge is -2.24. The lowest BCUT2D eigenvalue weighted by Crippen LogP contribution is -2.24. The van der Waals surface area contributed by atoms with Gasteiger partial charge < -0.3 is 0 Å². The number of hydrogen-bond donors (Lipinski definition) is 0. The number of hydrogen-bond acceptors (Lipinski definition) is 6. The van der Waals surface area contributed by atoms with Crippen molar-refractivity contribution >= 4 is 34.1 Å². The maximum Gasteiger partial charge on any atom is 0.235 e. The van der Waals surface area contributed by atoms with Crippen molar-refractivity contribution in [3.05, 3.63) is 47.5 Å². The van der Waals surface area contributed by atoms with Crippen LogP contribution in [0.4, 0.5) is 0 Å². The van der Waals surface area contributed by atoms with E-state index in [1.54, 1.807) is 0 Å². The van der Waals surface area contributed by atoms with Crippen LogP contribution in [0.5, 0.6) is 0 Å². The molecule has 2 aliphatic carbocycles. The van der Waals surface area contributed by atoms with Gasteiger partial charge in [0.05, 0.1) is 0 Å². The Labute approximate surface area is 175 Å². The molecule has 0 N–H and O–H groups in total. The Kier molecular flexibility index (Phi) is 6.73. The van der Waals surface area contributed by atoms with Crippen molar-refractivity contribution in [1.82, 2.24) is 8.61 Å². The summed E-state index contributed by atoms with van der Waals surface area (Å²) >= 11 is 2.62. The van der Waals surface area contributed by atoms with Crippen molar-refractivity contribution in [2.45, 2.75) is 38.5 Å². The minimum Gasteiger partial charge on any atom is -0.280 e. The van der Waals surface area contributed by atoms with Crippen molar-refractivity contribution in [3.63, 3.8) is 0 Å². The van der Waals surface area contributed by atoms with Crippen molar-refractivity contribution in [1.29, 1.82) is 0 Å². The first-order chi connectivity index (χ1) is 13.7. The normalized spacial score (nSPS) is 19.0. The predicted octanol–water partition coefficient (Wildman–Crippen LogP) is 5.34. The Hall–Kier alpha value is -1.34. The highest BCUT2D eigenvalue weighted by atomic mass is 32.2. The molecule has 2 fully saturated rings. The van der Waals surface area contributed by atoms with Crippen LogP contribution in [-0.2, 0) is 0 Å². The lowest BCUT2D eigenvalue weighted by molar-refractivity contribution is 0.108. The molecular formula is C22H26N2O2S2. The smallest absolute Gasteiger partial charge is 0.235 e. The molecule has 0 spiro atoms. The number of fused-ring (bicyclic) bond motifs is 1. The van der Waals surface area contributed by atoms with Gasteiger partial charge in [-0.3, -0.25) is 9.59 Å². The number of carbonyl (C=O) groups excluding carboxylic acids is 2. The van der Waals surface area contributed by atoms with Gasteiger partial charge in [0.1, 0.15) is 0 Å². The van der Waals surface area contributed by atoms with E-state index in [1.165, 1.54) is 36.7 Å². The van der Waals surface area contributed by atoms with Gasteiger partial charge in [-0.15, -0.1) is 0 Å². The van der Waals surface area contributed by atoms with E-state index in [-0.39, 0.29) is 10.2 Å². The van der Waals surface area contributed by atoms with Crippen molar-refractivity contribution in [2.24, 2.45) is 0 Å². The van der Waals surface area contributed by atoms with Crippen LogP contribution in [0.3, 0.4) is 0 Å². The van der Waals surface area contributed by atoms with E-state index >= 15 is 0 Å². The highest BCUT2D eigenvalue weighted by molar-refractivity contribution is 8.12. The summed E-state index contributed by atoms with van der Waals surface area (Å²) in [6, 6.07) is 11.6. The summed E-state index contributed by atoms with van der Waals surface area (Å²) in [5.41, 5.74) is 3.07. The summed E-state index contributed by atoms with van der Waals surface area (Å²) < 4.78 is 4.33. The van der Waals surface area contributed by atoms with Gasteiger partial charge in [-0.1, -0.05) is 43.2 Å². The SMILES string of the molecule is O=C(SN1CCCCC1)c1cc(C(=O)SN2CCCCC2)c2cccccc1-2. The molecule has 0 radical (unpaired) electrons. The number of rotatable bonds is 4. The number of carbonyl (C=O) groups is 2. The molecule has 0 unspecified atom stereocenters. The molecule has 28 heavy (non-hydrogen) atoms. The second kappa shape index (κ2) is 9.44. The molecule has 4 aliphatic rings. The second-order valence-electron chi connectivity index (χ2n) is 7.45. The number of nitrogens with zero attached hydrogens (tertiary/aromatic N) is 2. The van der Waals surface area contributed by atoms with E-state index in [0.29, 0.717) is 11.1 Å². The van der Waals surface area contributed by atoms with Gasteiger partial charge in [-0.2, -0.15) is 0 Å². The first kappa shape index (κ1) is 20.0. The molecule has 0 saturated carbocycles. The van der Waals surface area contributed by atoms with Crippen LogP contribution in [0.25, 0.3) is 11.1 Å².